The Labute approximate surface area is 209 Å². The van der Waals surface area contributed by atoms with Crippen molar-refractivity contribution in [1.82, 2.24) is 14.8 Å². The van der Waals surface area contributed by atoms with Crippen molar-refractivity contribution < 1.29 is 19.0 Å². The Bertz CT molecular complexity index is 1530. The minimum atomic E-state index is -1.10. The maximum atomic E-state index is 15.2. The van der Waals surface area contributed by atoms with Gasteiger partial charge in [-0.1, -0.05) is 41.9 Å². The van der Waals surface area contributed by atoms with Crippen LogP contribution < -0.4 is 10.9 Å². The average molecular weight is 508 g/mol. The summed E-state index contributed by atoms with van der Waals surface area (Å²) in [6, 6.07) is 16.9. The highest BCUT2D eigenvalue weighted by molar-refractivity contribution is 6.33. The summed E-state index contributed by atoms with van der Waals surface area (Å²) >= 11 is 6.35. The quantitative estimate of drug-likeness (QED) is 0.259. The van der Waals surface area contributed by atoms with Crippen molar-refractivity contribution >= 4 is 34.2 Å². The Morgan fingerprint density at radius 2 is 1.92 bits per heavy atom. The number of anilines is 1. The summed E-state index contributed by atoms with van der Waals surface area (Å²) < 4.78 is 21.4. The molecular formula is C25H19ClFN5O4. The number of carboxylic acids is 1. The van der Waals surface area contributed by atoms with Gasteiger partial charge in [-0.3, -0.25) is 4.79 Å². The number of carboxylic acid groups (broad SMARTS) is 1. The van der Waals surface area contributed by atoms with Gasteiger partial charge in [0.1, 0.15) is 18.1 Å². The first-order valence-electron chi connectivity index (χ1n) is 10.8. The Hall–Kier alpha value is -4.33. The van der Waals surface area contributed by atoms with Crippen LogP contribution in [0.25, 0.3) is 22.0 Å². The van der Waals surface area contributed by atoms with E-state index in [0.29, 0.717) is 16.3 Å². The zero-order valence-electron chi connectivity index (χ0n) is 18.7. The van der Waals surface area contributed by atoms with Crippen LogP contribution in [0.2, 0.25) is 5.02 Å². The molecule has 0 unspecified atom stereocenters. The third-order valence-corrected chi connectivity index (χ3v) is 5.52. The van der Waals surface area contributed by atoms with Crippen LogP contribution in [0.15, 0.2) is 59.4 Å². The first-order chi connectivity index (χ1) is 17.4. The zero-order chi connectivity index (χ0) is 25.7. The summed E-state index contributed by atoms with van der Waals surface area (Å²) in [4.78, 5) is 27.5. The Balaban J connectivity index is 1.69. The molecule has 182 valence electrons. The SMILES string of the molecule is N#Cc1ccc(Cn2nc(-c3cc(Cl)c(NCCOCC(=O)O)nc3F)c3ccccc3c2=O)cc1. The number of ether oxygens (including phenoxy) is 1. The van der Waals surface area contributed by atoms with Gasteiger partial charge < -0.3 is 15.2 Å². The van der Waals surface area contributed by atoms with Crippen molar-refractivity contribution in [3.8, 4) is 17.3 Å². The van der Waals surface area contributed by atoms with Crippen molar-refractivity contribution in [1.29, 1.82) is 5.26 Å². The van der Waals surface area contributed by atoms with Crippen LogP contribution >= 0.6 is 11.6 Å². The van der Waals surface area contributed by atoms with Crippen molar-refractivity contribution in [2.24, 2.45) is 0 Å². The van der Waals surface area contributed by atoms with Gasteiger partial charge in [-0.25, -0.2) is 14.5 Å². The number of aliphatic carboxylic acids is 1. The van der Waals surface area contributed by atoms with E-state index in [1.54, 1.807) is 48.5 Å². The lowest BCUT2D eigenvalue weighted by Gasteiger charge is -2.14. The van der Waals surface area contributed by atoms with Crippen molar-refractivity contribution in [2.45, 2.75) is 6.54 Å². The highest BCUT2D eigenvalue weighted by atomic mass is 35.5. The molecular weight excluding hydrogens is 489 g/mol. The smallest absolute Gasteiger partial charge is 0.329 e. The van der Waals surface area contributed by atoms with E-state index in [-0.39, 0.29) is 47.4 Å². The summed E-state index contributed by atoms with van der Waals surface area (Å²) in [6.07, 6.45) is 0. The molecule has 0 aliphatic rings. The molecule has 2 heterocycles. The molecule has 2 aromatic carbocycles. The van der Waals surface area contributed by atoms with Crippen LogP contribution in [0, 0.1) is 17.3 Å². The van der Waals surface area contributed by atoms with Gasteiger partial charge in [0.05, 0.1) is 40.8 Å². The number of hydrogen-bond donors (Lipinski definition) is 2. The highest BCUT2D eigenvalue weighted by Crippen LogP contribution is 2.31. The van der Waals surface area contributed by atoms with E-state index in [2.05, 4.69) is 15.4 Å². The van der Waals surface area contributed by atoms with Crippen molar-refractivity contribution in [2.75, 3.05) is 25.1 Å². The van der Waals surface area contributed by atoms with Gasteiger partial charge in [-0.05, 0) is 29.8 Å². The molecule has 0 saturated heterocycles. The molecule has 0 saturated carbocycles. The topological polar surface area (TPSA) is 130 Å². The maximum Gasteiger partial charge on any atom is 0.329 e. The second-order valence-corrected chi connectivity index (χ2v) is 8.10. The minimum Gasteiger partial charge on any atom is -0.480 e. The monoisotopic (exact) mass is 507 g/mol. The van der Waals surface area contributed by atoms with E-state index in [0.717, 1.165) is 5.56 Å². The zero-order valence-corrected chi connectivity index (χ0v) is 19.5. The molecule has 0 spiro atoms. The van der Waals surface area contributed by atoms with Gasteiger partial charge in [0.2, 0.25) is 5.95 Å². The summed E-state index contributed by atoms with van der Waals surface area (Å²) in [5, 5.41) is 25.8. The maximum absolute atomic E-state index is 15.2. The molecule has 2 N–H and O–H groups in total. The number of halogens is 2. The number of carbonyl (C=O) groups is 1. The molecule has 0 fully saturated rings. The summed E-state index contributed by atoms with van der Waals surface area (Å²) in [6.45, 7) is -0.121. The fraction of sp³-hybridized carbons (Fsp3) is 0.160. The average Bonchev–Trinajstić information content (AvgIpc) is 2.87. The van der Waals surface area contributed by atoms with E-state index in [4.69, 9.17) is 26.7 Å². The third kappa shape index (κ3) is 5.49. The number of nitriles is 1. The van der Waals surface area contributed by atoms with E-state index >= 15 is 4.39 Å². The predicted octanol–water partition coefficient (Wildman–Crippen LogP) is 3.68. The first kappa shape index (κ1) is 24.8. The summed E-state index contributed by atoms with van der Waals surface area (Å²) in [5.74, 6) is -1.89. The second kappa shape index (κ2) is 10.9. The van der Waals surface area contributed by atoms with Crippen LogP contribution in [0.4, 0.5) is 10.2 Å². The van der Waals surface area contributed by atoms with Gasteiger partial charge in [0.15, 0.2) is 0 Å². The molecule has 0 amide bonds. The third-order valence-electron chi connectivity index (χ3n) is 5.23. The van der Waals surface area contributed by atoms with Gasteiger partial charge in [0, 0.05) is 11.9 Å². The molecule has 0 atom stereocenters. The van der Waals surface area contributed by atoms with Crippen LogP contribution in [0.3, 0.4) is 0 Å². The highest BCUT2D eigenvalue weighted by Gasteiger charge is 2.19. The first-order valence-corrected chi connectivity index (χ1v) is 11.1. The number of benzene rings is 2. The fourth-order valence-corrected chi connectivity index (χ4v) is 3.77. The van der Waals surface area contributed by atoms with Gasteiger partial charge in [-0.2, -0.15) is 14.8 Å². The molecule has 11 heteroatoms. The number of nitrogens with zero attached hydrogens (tertiary/aromatic N) is 4. The number of pyridine rings is 1. The second-order valence-electron chi connectivity index (χ2n) is 7.70. The van der Waals surface area contributed by atoms with Gasteiger partial charge in [-0.15, -0.1) is 0 Å². The molecule has 4 aromatic rings. The molecule has 2 aromatic heterocycles. The Kier molecular flexibility index (Phi) is 7.53. The molecule has 0 bridgehead atoms. The van der Waals surface area contributed by atoms with Crippen molar-refractivity contribution in [3.05, 3.63) is 87.0 Å². The summed E-state index contributed by atoms with van der Waals surface area (Å²) in [5.41, 5.74) is 1.09. The normalized spacial score (nSPS) is 10.8. The van der Waals surface area contributed by atoms with Crippen LogP contribution in [0.5, 0.6) is 0 Å². The lowest BCUT2D eigenvalue weighted by Crippen LogP contribution is -2.24. The molecule has 36 heavy (non-hydrogen) atoms. The van der Waals surface area contributed by atoms with E-state index in [1.807, 2.05) is 6.07 Å². The molecule has 4 rings (SSSR count). The number of hydrogen-bond acceptors (Lipinski definition) is 7. The van der Waals surface area contributed by atoms with Crippen LogP contribution in [-0.4, -0.2) is 45.6 Å². The Morgan fingerprint density at radius 1 is 1.19 bits per heavy atom. The predicted molar refractivity (Wildman–Crippen MR) is 131 cm³/mol. The standard InChI is InChI=1S/C25H19ClFN5O4/c26-20-11-19(23(27)30-24(20)29-9-10-36-14-21(33)34)22-17-3-1-2-4-18(17)25(35)32(31-22)13-16-7-5-15(12-28)6-8-16/h1-8,11H,9-10,13-14H2,(H,29,30)(H,33,34). The van der Waals surface area contributed by atoms with E-state index in [9.17, 15) is 9.59 Å². The lowest BCUT2D eigenvalue weighted by atomic mass is 10.1. The summed E-state index contributed by atoms with van der Waals surface area (Å²) in [7, 11) is 0. The molecule has 0 radical (unpaired) electrons. The largest absolute Gasteiger partial charge is 0.480 e. The fourth-order valence-electron chi connectivity index (χ4n) is 3.56. The molecule has 9 nitrogen and oxygen atoms in total. The van der Waals surface area contributed by atoms with E-state index < -0.39 is 18.5 Å². The minimum absolute atomic E-state index is 0.0115. The van der Waals surface area contributed by atoms with Crippen LogP contribution in [0.1, 0.15) is 11.1 Å². The van der Waals surface area contributed by atoms with Crippen molar-refractivity contribution in [3.63, 3.8) is 0 Å². The van der Waals surface area contributed by atoms with E-state index in [1.165, 1.54) is 10.7 Å². The lowest BCUT2D eigenvalue weighted by molar-refractivity contribution is -0.142. The number of aromatic nitrogens is 3. The number of rotatable bonds is 9. The molecule has 0 aliphatic heterocycles. The Morgan fingerprint density at radius 3 is 2.61 bits per heavy atom. The number of fused-ring (bicyclic) bond motifs is 1. The molecule has 0 aliphatic carbocycles. The van der Waals surface area contributed by atoms with Gasteiger partial charge in [0.25, 0.3) is 5.56 Å². The van der Waals surface area contributed by atoms with Crippen LogP contribution in [-0.2, 0) is 16.1 Å². The van der Waals surface area contributed by atoms with Gasteiger partial charge >= 0.3 is 5.97 Å². The number of nitrogens with one attached hydrogen (secondary N) is 1.